The summed E-state index contributed by atoms with van der Waals surface area (Å²) in [5, 5.41) is 10.3. The Hall–Kier alpha value is -2.91. The molecule has 2 aliphatic carbocycles. The number of halogens is 2. The molecule has 0 saturated heterocycles. The molecule has 0 bridgehead atoms. The van der Waals surface area contributed by atoms with Crippen molar-refractivity contribution in [2.24, 2.45) is 0 Å². The molecule has 0 amide bonds. The molecule has 2 fully saturated rings. The molecule has 281 valence electrons. The van der Waals surface area contributed by atoms with E-state index in [-0.39, 0.29) is 64.4 Å². The topological polar surface area (TPSA) is 63.6 Å². The van der Waals surface area contributed by atoms with Gasteiger partial charge in [-0.15, -0.1) is 0 Å². The van der Waals surface area contributed by atoms with Gasteiger partial charge in [-0.1, -0.05) is 177 Å². The van der Waals surface area contributed by atoms with Crippen LogP contribution in [0.4, 0.5) is 0 Å². The van der Waals surface area contributed by atoms with Gasteiger partial charge in [0, 0.05) is 78.2 Å². The Bertz CT molecular complexity index is 2080. The summed E-state index contributed by atoms with van der Waals surface area (Å²) in [4.78, 5) is 25.6. The second-order valence-electron chi connectivity index (χ2n) is 13.2. The van der Waals surface area contributed by atoms with E-state index in [0.717, 1.165) is 42.3 Å². The number of hydrogen-bond donors (Lipinski definition) is 1. The van der Waals surface area contributed by atoms with Crippen molar-refractivity contribution < 1.29 is 77.9 Å². The second-order valence-corrected chi connectivity index (χ2v) is 15.0. The molecule has 0 spiro atoms. The van der Waals surface area contributed by atoms with Crippen LogP contribution in [0.25, 0.3) is 0 Å². The number of esters is 1. The molecule has 6 aromatic rings. The van der Waals surface area contributed by atoms with Crippen LogP contribution in [0.15, 0.2) is 179 Å². The molecule has 8 rings (SSSR count). The molecular formula is C45H35Br2O4Rh3-. The summed E-state index contributed by atoms with van der Waals surface area (Å²) in [5.41, 5.74) is 3.37. The third-order valence-corrected chi connectivity index (χ3v) is 11.9. The normalized spacial score (nSPS) is 19.5. The maximum absolute atomic E-state index is 13.0. The Kier molecular flexibility index (Phi) is 14.5. The minimum atomic E-state index is -0.948. The average Bonchev–Trinajstić information content (AvgIpc) is 4.09. The number of carbonyl (C=O) groups is 2. The van der Waals surface area contributed by atoms with E-state index in [1.54, 1.807) is 0 Å². The van der Waals surface area contributed by atoms with Crippen LogP contribution < -0.4 is 0 Å². The molecule has 2 saturated carbocycles. The van der Waals surface area contributed by atoms with E-state index in [0.29, 0.717) is 12.8 Å². The summed E-state index contributed by atoms with van der Waals surface area (Å²) in [5.74, 6) is -1.07. The molecular weight excluding hydrogens is 1070 g/mol. The third kappa shape index (κ3) is 7.26. The van der Waals surface area contributed by atoms with Crippen LogP contribution in [0.1, 0.15) is 46.2 Å². The smallest absolute Gasteiger partial charge is 0.315 e. The SMILES string of the molecule is O=C(O)[C@@]1(c2ccc(Br)cc2)CC1(c1ccccc1)c1ccccc1.[CH2-]OC(=O)[C@]1(c2ccc(Br)cc2)CC1(c1ccccc1)c1ccccc1.[Rh].[Rh].[Rh]. The zero-order valence-corrected chi connectivity index (χ0v) is 36.8. The number of carbonyl (C=O) groups excluding carboxylic acids is 1. The number of rotatable bonds is 8. The summed E-state index contributed by atoms with van der Waals surface area (Å²) in [6, 6.07) is 56.0. The van der Waals surface area contributed by atoms with Gasteiger partial charge in [-0.2, -0.15) is 7.11 Å². The number of benzene rings is 6. The molecule has 9 heteroatoms. The minimum Gasteiger partial charge on any atom is -0.639 e. The number of ether oxygens (including phenoxy) is 1. The van der Waals surface area contributed by atoms with Gasteiger partial charge in [-0.05, 0) is 70.5 Å². The summed E-state index contributed by atoms with van der Waals surface area (Å²) in [6.07, 6.45) is 1.22. The average molecular weight is 1110 g/mol. The number of aliphatic carboxylic acids is 1. The van der Waals surface area contributed by atoms with Crippen molar-refractivity contribution in [3.63, 3.8) is 0 Å². The van der Waals surface area contributed by atoms with E-state index in [2.05, 4.69) is 63.2 Å². The first-order valence-corrected chi connectivity index (χ1v) is 18.3. The van der Waals surface area contributed by atoms with E-state index in [4.69, 9.17) is 4.74 Å². The molecule has 2 aliphatic rings. The maximum atomic E-state index is 13.0. The van der Waals surface area contributed by atoms with Crippen molar-refractivity contribution in [2.75, 3.05) is 0 Å². The van der Waals surface area contributed by atoms with Gasteiger partial charge in [0.25, 0.3) is 5.97 Å². The molecule has 1 N–H and O–H groups in total. The van der Waals surface area contributed by atoms with E-state index in [1.807, 2.05) is 146 Å². The van der Waals surface area contributed by atoms with Gasteiger partial charge in [0.1, 0.15) is 10.8 Å². The van der Waals surface area contributed by atoms with Gasteiger partial charge in [-0.25, -0.2) is 0 Å². The van der Waals surface area contributed by atoms with Crippen molar-refractivity contribution in [1.29, 1.82) is 0 Å². The first-order chi connectivity index (χ1) is 24.8. The van der Waals surface area contributed by atoms with Crippen LogP contribution in [-0.4, -0.2) is 17.0 Å². The number of hydrogen-bond acceptors (Lipinski definition) is 3. The maximum Gasteiger partial charge on any atom is 0.315 e. The summed E-state index contributed by atoms with van der Waals surface area (Å²) in [7, 11) is 3.43. The molecule has 4 nitrogen and oxygen atoms in total. The third-order valence-electron chi connectivity index (χ3n) is 10.9. The van der Waals surface area contributed by atoms with Crippen molar-refractivity contribution in [3.8, 4) is 0 Å². The molecule has 0 unspecified atom stereocenters. The van der Waals surface area contributed by atoms with Crippen LogP contribution in [0.2, 0.25) is 0 Å². The predicted octanol–water partition coefficient (Wildman–Crippen LogP) is 10.6. The number of carboxylic acids is 1. The van der Waals surface area contributed by atoms with Gasteiger partial charge in [-0.3, -0.25) is 9.59 Å². The largest absolute Gasteiger partial charge is 0.639 e. The number of carboxylic acid groups (broad SMARTS) is 1. The van der Waals surface area contributed by atoms with Gasteiger partial charge < -0.3 is 9.84 Å². The Balaban J connectivity index is 0.000000228. The van der Waals surface area contributed by atoms with E-state index in [1.165, 1.54) is 0 Å². The van der Waals surface area contributed by atoms with Crippen molar-refractivity contribution >= 4 is 43.8 Å². The minimum absolute atomic E-state index is 0. The fourth-order valence-corrected chi connectivity index (χ4v) is 8.89. The molecule has 6 aromatic carbocycles. The van der Waals surface area contributed by atoms with Crippen LogP contribution in [0.5, 0.6) is 0 Å². The quantitative estimate of drug-likeness (QED) is 0.0937. The Morgan fingerprint density at radius 1 is 0.463 bits per heavy atom. The summed E-state index contributed by atoms with van der Waals surface area (Å²) in [6.45, 7) is 0. The van der Waals surface area contributed by atoms with E-state index < -0.39 is 27.6 Å². The Morgan fingerprint density at radius 3 is 1.04 bits per heavy atom. The predicted molar refractivity (Wildman–Crippen MR) is 207 cm³/mol. The van der Waals surface area contributed by atoms with Crippen molar-refractivity contribution in [1.82, 2.24) is 0 Å². The van der Waals surface area contributed by atoms with Crippen LogP contribution in [-0.2, 0) is 94.4 Å². The Labute approximate surface area is 372 Å². The zero-order chi connectivity index (χ0) is 35.7. The fraction of sp³-hybridized carbons (Fsp3) is 0.133. The zero-order valence-electron chi connectivity index (χ0n) is 28.7. The summed E-state index contributed by atoms with van der Waals surface area (Å²) < 4.78 is 6.98. The fourth-order valence-electron chi connectivity index (χ4n) is 8.36. The van der Waals surface area contributed by atoms with Gasteiger partial charge in [0.05, 0.1) is 0 Å². The molecule has 3 radical (unpaired) electrons. The second kappa shape index (κ2) is 17.9. The molecule has 0 heterocycles. The van der Waals surface area contributed by atoms with Gasteiger partial charge in [0.15, 0.2) is 0 Å². The van der Waals surface area contributed by atoms with Crippen LogP contribution >= 0.6 is 31.9 Å². The molecule has 0 aromatic heterocycles. The molecule has 0 aliphatic heterocycles. The van der Waals surface area contributed by atoms with Crippen LogP contribution in [0, 0.1) is 7.11 Å². The monoisotopic (exact) mass is 1110 g/mol. The standard InChI is InChI=1S/C23H18BrO2.C22H17BrO2.3Rh/c1-26-21(25)23(19-12-14-20(24)15-13-19)16-22(23,17-8-4-2-5-9-17)18-10-6-3-7-11-18;23-19-13-11-18(12-14-19)22(20(24)25)15-21(22,16-7-3-1-4-8-16)17-9-5-2-6-10-17;;;/h2-15H,1,16H2;1-14H,15H2,(H,24,25);;;/q-1;;;;/t23-;22-;;;/m10.../s1. The van der Waals surface area contributed by atoms with Crippen molar-refractivity contribution in [2.45, 2.75) is 34.5 Å². The van der Waals surface area contributed by atoms with Crippen molar-refractivity contribution in [3.05, 3.63) is 219 Å². The van der Waals surface area contributed by atoms with E-state index >= 15 is 0 Å². The Morgan fingerprint density at radius 2 is 0.741 bits per heavy atom. The van der Waals surface area contributed by atoms with Gasteiger partial charge in [0.2, 0.25) is 0 Å². The molecule has 54 heavy (non-hydrogen) atoms. The van der Waals surface area contributed by atoms with Crippen LogP contribution in [0.3, 0.4) is 0 Å². The summed E-state index contributed by atoms with van der Waals surface area (Å²) >= 11 is 6.92. The first kappa shape index (κ1) is 43.8. The molecule has 2 atom stereocenters. The van der Waals surface area contributed by atoms with Gasteiger partial charge >= 0.3 is 5.97 Å². The first-order valence-electron chi connectivity index (χ1n) is 16.7. The van der Waals surface area contributed by atoms with E-state index in [9.17, 15) is 14.7 Å².